The molecule has 1 aliphatic carbocycles. The van der Waals surface area contributed by atoms with Crippen LogP contribution in [0.25, 0.3) is 11.4 Å². The number of piperazine rings is 1. The van der Waals surface area contributed by atoms with Crippen molar-refractivity contribution in [2.24, 2.45) is 0 Å². The molecule has 1 aromatic carbocycles. The van der Waals surface area contributed by atoms with Crippen LogP contribution in [0.2, 0.25) is 0 Å². The molecule has 2 N–H and O–H groups in total. The van der Waals surface area contributed by atoms with Gasteiger partial charge in [-0.05, 0) is 49.9 Å². The van der Waals surface area contributed by atoms with Crippen LogP contribution in [0.15, 0.2) is 24.3 Å². The maximum Gasteiger partial charge on any atom is 0.322 e. The Morgan fingerprint density at radius 1 is 1.00 bits per heavy atom. The summed E-state index contributed by atoms with van der Waals surface area (Å²) in [6, 6.07) is 7.74. The Hall–Kier alpha value is -2.90. The Bertz CT molecular complexity index is 953. The van der Waals surface area contributed by atoms with E-state index in [1.54, 1.807) is 4.90 Å². The third kappa shape index (κ3) is 4.16. The monoisotopic (exact) mass is 422 g/mol. The Labute approximate surface area is 182 Å². The van der Waals surface area contributed by atoms with Crippen LogP contribution < -0.4 is 10.6 Å². The number of hydrogen-bond acceptors (Lipinski definition) is 4. The molecule has 0 spiro atoms. The zero-order valence-corrected chi connectivity index (χ0v) is 17.8. The molecule has 2 fully saturated rings. The maximum atomic E-state index is 13.0. The zero-order valence-electron chi connectivity index (χ0n) is 17.8. The molecule has 3 heterocycles. The number of carbonyl (C=O) groups is 2. The largest absolute Gasteiger partial charge is 0.350 e. The van der Waals surface area contributed by atoms with Gasteiger partial charge in [0.25, 0.3) is 0 Å². The van der Waals surface area contributed by atoms with Crippen molar-refractivity contribution < 1.29 is 9.59 Å². The molecule has 2 aromatic rings. The predicted octanol–water partition coefficient (Wildman–Crippen LogP) is 3.34. The average molecular weight is 423 g/mol. The first-order chi connectivity index (χ1) is 15.2. The minimum absolute atomic E-state index is 0.0723. The Balaban J connectivity index is 1.29. The molecule has 0 bridgehead atoms. The number of rotatable bonds is 2. The third-order valence-electron chi connectivity index (χ3n) is 6.80. The Morgan fingerprint density at radius 2 is 1.81 bits per heavy atom. The lowest BCUT2D eigenvalue weighted by Crippen LogP contribution is -2.63. The second kappa shape index (κ2) is 8.69. The van der Waals surface area contributed by atoms with E-state index in [2.05, 4.69) is 25.4 Å². The van der Waals surface area contributed by atoms with Crippen molar-refractivity contribution in [3.63, 3.8) is 0 Å². The zero-order chi connectivity index (χ0) is 21.2. The summed E-state index contributed by atoms with van der Waals surface area (Å²) in [4.78, 5) is 26.7. The van der Waals surface area contributed by atoms with E-state index in [0.29, 0.717) is 0 Å². The fourth-order valence-corrected chi connectivity index (χ4v) is 5.17. The SMILES string of the molecule is O=C1CN(C(=O)Nc2ccc(-c3nnc4n3CCCCCC4)cc2)C2CCCCC2N1. The minimum atomic E-state index is -0.202. The molecule has 3 aliphatic rings. The number of amides is 3. The second-order valence-electron chi connectivity index (χ2n) is 8.92. The number of benzene rings is 1. The first-order valence-electron chi connectivity index (χ1n) is 11.6. The predicted molar refractivity (Wildman–Crippen MR) is 118 cm³/mol. The molecule has 0 radical (unpaired) electrons. The Morgan fingerprint density at radius 3 is 2.68 bits per heavy atom. The topological polar surface area (TPSA) is 92.2 Å². The first-order valence-corrected chi connectivity index (χ1v) is 11.6. The van der Waals surface area contributed by atoms with E-state index in [9.17, 15) is 9.59 Å². The molecular weight excluding hydrogens is 392 g/mol. The van der Waals surface area contributed by atoms with E-state index in [4.69, 9.17) is 0 Å². The number of fused-ring (bicyclic) bond motifs is 2. The number of urea groups is 1. The summed E-state index contributed by atoms with van der Waals surface area (Å²) < 4.78 is 2.24. The second-order valence-corrected chi connectivity index (χ2v) is 8.92. The van der Waals surface area contributed by atoms with E-state index in [1.165, 1.54) is 19.3 Å². The summed E-state index contributed by atoms with van der Waals surface area (Å²) in [6.45, 7) is 1.08. The van der Waals surface area contributed by atoms with Gasteiger partial charge in [0.1, 0.15) is 12.4 Å². The highest BCUT2D eigenvalue weighted by Gasteiger charge is 2.38. The third-order valence-corrected chi connectivity index (χ3v) is 6.80. The molecule has 5 rings (SSSR count). The molecule has 2 atom stereocenters. The highest BCUT2D eigenvalue weighted by atomic mass is 16.2. The summed E-state index contributed by atoms with van der Waals surface area (Å²) in [5.41, 5.74) is 1.72. The van der Waals surface area contributed by atoms with Crippen molar-refractivity contribution in [3.8, 4) is 11.4 Å². The summed E-state index contributed by atoms with van der Waals surface area (Å²) in [6.07, 6.45) is 9.88. The van der Waals surface area contributed by atoms with Crippen LogP contribution >= 0.6 is 0 Å². The van der Waals surface area contributed by atoms with Gasteiger partial charge in [0.05, 0.1) is 6.04 Å². The van der Waals surface area contributed by atoms with Gasteiger partial charge in [-0.15, -0.1) is 10.2 Å². The number of hydrogen-bond donors (Lipinski definition) is 2. The van der Waals surface area contributed by atoms with E-state index in [0.717, 1.165) is 68.0 Å². The summed E-state index contributed by atoms with van der Waals surface area (Å²) >= 11 is 0. The molecule has 164 valence electrons. The van der Waals surface area contributed by atoms with Crippen LogP contribution in [0.3, 0.4) is 0 Å². The van der Waals surface area contributed by atoms with Crippen LogP contribution in [0.4, 0.5) is 10.5 Å². The van der Waals surface area contributed by atoms with E-state index in [1.807, 2.05) is 24.3 Å². The van der Waals surface area contributed by atoms with Crippen molar-refractivity contribution in [2.75, 3.05) is 11.9 Å². The highest BCUT2D eigenvalue weighted by molar-refractivity contribution is 5.93. The normalized spacial score (nSPS) is 23.7. The average Bonchev–Trinajstić information content (AvgIpc) is 3.15. The van der Waals surface area contributed by atoms with E-state index >= 15 is 0 Å². The van der Waals surface area contributed by atoms with Gasteiger partial charge in [0.2, 0.25) is 5.91 Å². The highest BCUT2D eigenvalue weighted by Crippen LogP contribution is 2.27. The van der Waals surface area contributed by atoms with E-state index in [-0.39, 0.29) is 30.6 Å². The molecule has 1 aromatic heterocycles. The van der Waals surface area contributed by atoms with Gasteiger partial charge < -0.3 is 20.1 Å². The molecule has 31 heavy (non-hydrogen) atoms. The summed E-state index contributed by atoms with van der Waals surface area (Å²) in [7, 11) is 0. The fraction of sp³-hybridized carbons (Fsp3) is 0.565. The standard InChI is InChI=1S/C23H30N6O2/c30-21-15-29(19-8-5-4-7-18(19)25-21)23(31)24-17-12-10-16(11-13-17)22-27-26-20-9-3-1-2-6-14-28(20)22/h10-13,18-19H,1-9,14-15H2,(H,24,31)(H,25,30). The number of anilines is 1. The van der Waals surface area contributed by atoms with Crippen molar-refractivity contribution in [2.45, 2.75) is 76.4 Å². The molecule has 2 aliphatic heterocycles. The number of nitrogens with one attached hydrogen (secondary N) is 2. The smallest absolute Gasteiger partial charge is 0.322 e. The maximum absolute atomic E-state index is 13.0. The molecular formula is C23H30N6O2. The van der Waals surface area contributed by atoms with Gasteiger partial charge in [0.15, 0.2) is 5.82 Å². The molecule has 2 unspecified atom stereocenters. The number of carbonyl (C=O) groups excluding carboxylic acids is 2. The first kappa shape index (κ1) is 20.0. The van der Waals surface area contributed by atoms with Crippen LogP contribution in [0.5, 0.6) is 0 Å². The molecule has 1 saturated heterocycles. The fourth-order valence-electron chi connectivity index (χ4n) is 5.17. The van der Waals surface area contributed by atoms with Crippen LogP contribution in [0, 0.1) is 0 Å². The van der Waals surface area contributed by atoms with Gasteiger partial charge in [0, 0.05) is 30.3 Å². The quantitative estimate of drug-likeness (QED) is 0.776. The number of nitrogens with zero attached hydrogens (tertiary/aromatic N) is 4. The molecule has 8 heteroatoms. The van der Waals surface area contributed by atoms with E-state index < -0.39 is 0 Å². The molecule has 8 nitrogen and oxygen atoms in total. The van der Waals surface area contributed by atoms with Crippen molar-refractivity contribution in [1.29, 1.82) is 0 Å². The minimum Gasteiger partial charge on any atom is -0.350 e. The van der Waals surface area contributed by atoms with Crippen LogP contribution in [0.1, 0.15) is 57.2 Å². The molecule has 3 amide bonds. The molecule has 1 saturated carbocycles. The van der Waals surface area contributed by atoms with Crippen molar-refractivity contribution in [1.82, 2.24) is 25.0 Å². The summed E-state index contributed by atoms with van der Waals surface area (Å²) in [5, 5.41) is 14.9. The van der Waals surface area contributed by atoms with Crippen LogP contribution in [-0.4, -0.2) is 50.2 Å². The van der Waals surface area contributed by atoms with Crippen LogP contribution in [-0.2, 0) is 17.8 Å². The lowest BCUT2D eigenvalue weighted by Gasteiger charge is -2.43. The van der Waals surface area contributed by atoms with Gasteiger partial charge in [-0.3, -0.25) is 4.79 Å². The lowest BCUT2D eigenvalue weighted by atomic mass is 9.87. The van der Waals surface area contributed by atoms with Gasteiger partial charge in [-0.1, -0.05) is 25.7 Å². The number of aromatic nitrogens is 3. The van der Waals surface area contributed by atoms with Gasteiger partial charge in [-0.25, -0.2) is 4.79 Å². The summed E-state index contributed by atoms with van der Waals surface area (Å²) in [5.74, 6) is 1.89. The Kier molecular flexibility index (Phi) is 5.61. The number of aryl methyl sites for hydroxylation is 1. The van der Waals surface area contributed by atoms with Gasteiger partial charge in [-0.2, -0.15) is 0 Å². The lowest BCUT2D eigenvalue weighted by molar-refractivity contribution is -0.126. The van der Waals surface area contributed by atoms with Gasteiger partial charge >= 0.3 is 6.03 Å². The van der Waals surface area contributed by atoms with Crippen molar-refractivity contribution in [3.05, 3.63) is 30.1 Å². The van der Waals surface area contributed by atoms with Crippen molar-refractivity contribution >= 4 is 17.6 Å².